The lowest BCUT2D eigenvalue weighted by molar-refractivity contribution is 0.174. The highest BCUT2D eigenvalue weighted by Gasteiger charge is 2.18. The number of rotatable bonds is 1. The quantitative estimate of drug-likeness (QED) is 0.733. The van der Waals surface area contributed by atoms with Gasteiger partial charge in [-0.05, 0) is 35.9 Å². The van der Waals surface area contributed by atoms with Crippen LogP contribution in [0.5, 0.6) is 11.5 Å². The molecular weight excluding hydrogens is 334 g/mol. The third-order valence-electron chi connectivity index (χ3n) is 3.49. The van der Waals surface area contributed by atoms with Crippen LogP contribution in [0, 0.1) is 0 Å². The summed E-state index contributed by atoms with van der Waals surface area (Å²) in [5.41, 5.74) is 2.02. The van der Waals surface area contributed by atoms with Crippen molar-refractivity contribution in [2.24, 2.45) is 0 Å². The van der Waals surface area contributed by atoms with Gasteiger partial charge in [0.05, 0.1) is 5.52 Å². The molecule has 5 heteroatoms. The summed E-state index contributed by atoms with van der Waals surface area (Å²) in [5, 5.41) is 0.911. The van der Waals surface area contributed by atoms with Crippen molar-refractivity contribution >= 4 is 26.8 Å². The van der Waals surface area contributed by atoms with E-state index in [1.165, 1.54) is 0 Å². The van der Waals surface area contributed by atoms with Crippen LogP contribution in [-0.2, 0) is 0 Å². The smallest absolute Gasteiger partial charge is 0.256 e. The van der Waals surface area contributed by atoms with E-state index in [-0.39, 0.29) is 12.4 Å². The predicted octanol–water partition coefficient (Wildman–Crippen LogP) is 3.69. The highest BCUT2D eigenvalue weighted by Crippen LogP contribution is 2.38. The standard InChI is InChI=1S/C16H10BrNO3/c17-11-3-1-2-9(6-11)12-7-10-4-5-13-15(21-8-20-13)14(10)18-16(12)19/h1-7H,8H2,(H,18,19). The number of aromatic nitrogens is 1. The molecule has 4 rings (SSSR count). The lowest BCUT2D eigenvalue weighted by atomic mass is 10.0. The van der Waals surface area contributed by atoms with Gasteiger partial charge in [0.25, 0.3) is 5.56 Å². The molecule has 0 spiro atoms. The first-order valence-corrected chi connectivity index (χ1v) is 7.23. The van der Waals surface area contributed by atoms with Gasteiger partial charge in [0.1, 0.15) is 0 Å². The topological polar surface area (TPSA) is 51.3 Å². The Balaban J connectivity index is 1.99. The first-order chi connectivity index (χ1) is 10.2. The number of aromatic amines is 1. The molecule has 2 heterocycles. The summed E-state index contributed by atoms with van der Waals surface area (Å²) in [6.45, 7) is 0.184. The molecule has 1 aliphatic heterocycles. The normalized spacial score (nSPS) is 12.8. The lowest BCUT2D eigenvalue weighted by Crippen LogP contribution is -2.09. The van der Waals surface area contributed by atoms with E-state index >= 15 is 0 Å². The van der Waals surface area contributed by atoms with Gasteiger partial charge in [-0.3, -0.25) is 4.79 Å². The lowest BCUT2D eigenvalue weighted by Gasteiger charge is -2.06. The van der Waals surface area contributed by atoms with Crippen molar-refractivity contribution in [3.63, 3.8) is 0 Å². The van der Waals surface area contributed by atoms with Crippen molar-refractivity contribution in [2.45, 2.75) is 0 Å². The maximum absolute atomic E-state index is 12.4. The van der Waals surface area contributed by atoms with Crippen LogP contribution in [0.3, 0.4) is 0 Å². The van der Waals surface area contributed by atoms with Crippen LogP contribution in [0.25, 0.3) is 22.0 Å². The second kappa shape index (κ2) is 4.63. The third kappa shape index (κ3) is 2.01. The molecule has 0 fully saturated rings. The highest BCUT2D eigenvalue weighted by molar-refractivity contribution is 9.10. The second-order valence-electron chi connectivity index (χ2n) is 4.79. The minimum Gasteiger partial charge on any atom is -0.454 e. The summed E-state index contributed by atoms with van der Waals surface area (Å²) in [6, 6.07) is 13.3. The zero-order valence-electron chi connectivity index (χ0n) is 10.9. The molecule has 21 heavy (non-hydrogen) atoms. The molecule has 0 amide bonds. The van der Waals surface area contributed by atoms with Gasteiger partial charge >= 0.3 is 0 Å². The van der Waals surface area contributed by atoms with Crippen LogP contribution in [0.15, 0.2) is 51.7 Å². The molecular formula is C16H10BrNO3. The van der Waals surface area contributed by atoms with Crippen molar-refractivity contribution in [3.05, 3.63) is 57.3 Å². The molecule has 3 aromatic rings. The fourth-order valence-corrected chi connectivity index (χ4v) is 2.91. The molecule has 0 radical (unpaired) electrons. The minimum absolute atomic E-state index is 0.149. The zero-order valence-corrected chi connectivity index (χ0v) is 12.4. The molecule has 2 aromatic carbocycles. The Hall–Kier alpha value is -2.27. The Kier molecular flexibility index (Phi) is 2.75. The van der Waals surface area contributed by atoms with Gasteiger partial charge in [0.2, 0.25) is 6.79 Å². The number of hydrogen-bond donors (Lipinski definition) is 1. The Morgan fingerprint density at radius 2 is 2.00 bits per heavy atom. The number of pyridine rings is 1. The zero-order chi connectivity index (χ0) is 14.4. The predicted molar refractivity (Wildman–Crippen MR) is 83.8 cm³/mol. The Morgan fingerprint density at radius 3 is 2.86 bits per heavy atom. The number of fused-ring (bicyclic) bond motifs is 3. The summed E-state index contributed by atoms with van der Waals surface area (Å²) < 4.78 is 11.7. The first kappa shape index (κ1) is 12.5. The number of nitrogens with one attached hydrogen (secondary N) is 1. The maximum atomic E-state index is 12.4. The number of H-pyrrole nitrogens is 1. The SMILES string of the molecule is O=c1[nH]c2c3c(ccc2cc1-c1cccc(Br)c1)OCO3. The van der Waals surface area contributed by atoms with Gasteiger partial charge < -0.3 is 14.5 Å². The van der Waals surface area contributed by atoms with Crippen LogP contribution in [-0.4, -0.2) is 11.8 Å². The van der Waals surface area contributed by atoms with Gasteiger partial charge in [-0.25, -0.2) is 0 Å². The van der Waals surface area contributed by atoms with Crippen molar-refractivity contribution in [1.29, 1.82) is 0 Å². The van der Waals surface area contributed by atoms with Crippen LogP contribution in [0.4, 0.5) is 0 Å². The molecule has 0 unspecified atom stereocenters. The van der Waals surface area contributed by atoms with E-state index in [0.717, 1.165) is 15.4 Å². The Morgan fingerprint density at radius 1 is 1.10 bits per heavy atom. The van der Waals surface area contributed by atoms with Gasteiger partial charge in [-0.1, -0.05) is 28.1 Å². The van der Waals surface area contributed by atoms with E-state index in [9.17, 15) is 4.79 Å². The third-order valence-corrected chi connectivity index (χ3v) is 3.98. The fraction of sp³-hybridized carbons (Fsp3) is 0.0625. The van der Waals surface area contributed by atoms with Crippen LogP contribution >= 0.6 is 15.9 Å². The van der Waals surface area contributed by atoms with Crippen LogP contribution < -0.4 is 15.0 Å². The molecule has 0 saturated carbocycles. The maximum Gasteiger partial charge on any atom is 0.256 e. The van der Waals surface area contributed by atoms with Crippen molar-refractivity contribution in [3.8, 4) is 22.6 Å². The molecule has 0 aliphatic carbocycles. The average Bonchev–Trinajstić information content (AvgIpc) is 2.95. The van der Waals surface area contributed by atoms with E-state index in [2.05, 4.69) is 20.9 Å². The fourth-order valence-electron chi connectivity index (χ4n) is 2.51. The molecule has 1 aliphatic rings. The molecule has 1 N–H and O–H groups in total. The highest BCUT2D eigenvalue weighted by atomic mass is 79.9. The van der Waals surface area contributed by atoms with Crippen molar-refractivity contribution in [2.75, 3.05) is 6.79 Å². The molecule has 0 atom stereocenters. The molecule has 0 bridgehead atoms. The van der Waals surface area contributed by atoms with Crippen LogP contribution in [0.1, 0.15) is 0 Å². The van der Waals surface area contributed by atoms with Gasteiger partial charge in [0, 0.05) is 15.4 Å². The largest absolute Gasteiger partial charge is 0.454 e. The van der Waals surface area contributed by atoms with Crippen molar-refractivity contribution in [1.82, 2.24) is 4.98 Å². The summed E-state index contributed by atoms with van der Waals surface area (Å²) in [6.07, 6.45) is 0. The number of ether oxygens (including phenoxy) is 2. The van der Waals surface area contributed by atoms with Gasteiger partial charge in [-0.2, -0.15) is 0 Å². The first-order valence-electron chi connectivity index (χ1n) is 6.44. The van der Waals surface area contributed by atoms with Crippen molar-refractivity contribution < 1.29 is 9.47 Å². The Labute approximate surface area is 128 Å². The van der Waals surface area contributed by atoms with Crippen LogP contribution in [0.2, 0.25) is 0 Å². The van der Waals surface area contributed by atoms with E-state index in [1.807, 2.05) is 42.5 Å². The Bertz CT molecular complexity index is 917. The number of halogens is 1. The summed E-state index contributed by atoms with van der Waals surface area (Å²) in [5.74, 6) is 1.26. The molecule has 104 valence electrons. The second-order valence-corrected chi connectivity index (χ2v) is 5.70. The van der Waals surface area contributed by atoms with E-state index in [0.29, 0.717) is 22.6 Å². The summed E-state index contributed by atoms with van der Waals surface area (Å²) in [7, 11) is 0. The van der Waals surface area contributed by atoms with E-state index < -0.39 is 0 Å². The van der Waals surface area contributed by atoms with Gasteiger partial charge in [-0.15, -0.1) is 0 Å². The minimum atomic E-state index is -0.149. The summed E-state index contributed by atoms with van der Waals surface area (Å²) >= 11 is 3.43. The molecule has 1 aromatic heterocycles. The van der Waals surface area contributed by atoms with E-state index in [1.54, 1.807) is 0 Å². The average molecular weight is 344 g/mol. The summed E-state index contributed by atoms with van der Waals surface area (Å²) in [4.78, 5) is 15.3. The van der Waals surface area contributed by atoms with E-state index in [4.69, 9.17) is 9.47 Å². The number of hydrogen-bond acceptors (Lipinski definition) is 3. The molecule has 4 nitrogen and oxygen atoms in total. The molecule has 0 saturated heterocycles. The monoisotopic (exact) mass is 343 g/mol. The van der Waals surface area contributed by atoms with Gasteiger partial charge in [0.15, 0.2) is 11.5 Å². The number of benzene rings is 2.